The lowest BCUT2D eigenvalue weighted by Gasteiger charge is -2.33. The Morgan fingerprint density at radius 2 is 0.796 bits per heavy atom. The normalized spacial score (nSPS) is 8.65. The molecular weight excluding hydrogens is 2250 g/mol. The lowest BCUT2D eigenvalue weighted by Crippen LogP contribution is -3.00. The molecule has 0 amide bonds. The van der Waals surface area contributed by atoms with Gasteiger partial charge < -0.3 is 59.0 Å². The van der Waals surface area contributed by atoms with E-state index in [1.807, 2.05) is 0 Å². The Morgan fingerprint density at radius 1 is 0.551 bits per heavy atom. The summed E-state index contributed by atoms with van der Waals surface area (Å²) < 4.78 is 1.62. The van der Waals surface area contributed by atoms with Gasteiger partial charge in [0, 0.05) is 242 Å². The summed E-state index contributed by atoms with van der Waals surface area (Å²) in [5.41, 5.74) is 1.28. The molecule has 0 radical (unpaired) electrons. The molecule has 11 nitrogen and oxygen atoms in total. The zero-order chi connectivity index (χ0) is 36.5. The molecule has 0 heterocycles. The smallest absolute Gasteiger partial charge is 0.292 e. The number of hydrogen-bond acceptors (Lipinski definition) is 6. The maximum atomic E-state index is 11.1. The van der Waals surface area contributed by atoms with Crippen LogP contribution in [0.3, 0.4) is 0 Å². The molecule has 2 aromatic carbocycles. The minimum Gasteiger partial charge on any atom is -1.00 e. The van der Waals surface area contributed by atoms with Crippen LogP contribution in [0.1, 0.15) is 6.42 Å². The molecule has 26 heteroatoms. The van der Waals surface area contributed by atoms with Crippen molar-refractivity contribution in [1.29, 1.82) is 0 Å². The Balaban J connectivity index is -0.000000129. The average Bonchev–Trinajstić information content (AvgIpc) is 3.06. The molecular formula is C23H39Br2I13N6O5. The van der Waals surface area contributed by atoms with Crippen LogP contribution in [0.15, 0.2) is 48.5 Å². The summed E-state index contributed by atoms with van der Waals surface area (Å²) in [4.78, 5) is 21.6. The minimum absolute atomic E-state index is 0. The molecule has 0 fully saturated rings. The third-order valence-corrected chi connectivity index (χ3v) is 5.79. The maximum Gasteiger partial charge on any atom is 0.292 e. The number of rotatable bonds is 14. The number of nitrogens with one attached hydrogen (secondary N) is 2. The first kappa shape index (κ1) is 76.8. The van der Waals surface area contributed by atoms with Crippen LogP contribution in [0.2, 0.25) is 0 Å². The summed E-state index contributed by atoms with van der Waals surface area (Å²) in [5.74, 6) is 0. The Bertz CT molecular complexity index is 927. The molecule has 0 aliphatic heterocycles. The van der Waals surface area contributed by atoms with Crippen LogP contribution in [0.5, 0.6) is 0 Å². The van der Waals surface area contributed by atoms with E-state index in [1.54, 1.807) is 36.4 Å². The average molecular weight is 2290 g/mol. The number of halogens is 15. The van der Waals surface area contributed by atoms with Crippen molar-refractivity contribution in [1.82, 2.24) is 0 Å². The van der Waals surface area contributed by atoms with Crippen molar-refractivity contribution in [3.05, 3.63) is 68.8 Å². The van der Waals surface area contributed by atoms with Crippen molar-refractivity contribution < 1.29 is 58.3 Å². The predicted octanol–water partition coefficient (Wildman–Crippen LogP) is 8.00. The van der Waals surface area contributed by atoms with Gasteiger partial charge in [0.2, 0.25) is 0 Å². The zero-order valence-electron chi connectivity index (χ0n) is 26.2. The van der Waals surface area contributed by atoms with Gasteiger partial charge in [-0.05, 0) is 12.1 Å². The Morgan fingerprint density at radius 3 is 1.04 bits per heavy atom. The third kappa shape index (κ3) is 44.5. The van der Waals surface area contributed by atoms with Gasteiger partial charge in [0.15, 0.2) is 0 Å². The molecule has 49 heavy (non-hydrogen) atoms. The standard InChI is InChI=1S/C23H36N6O4.2BrH.6I2.HI.H2O/c1-28(2,18-14-24-20-10-5-7-12-22(20)26(30)31)16-9-17-29(3,4)19-15-25-21-11-6-8-13-23(21)27(32)33;;;6*1-2;;/h5-8,10-13,24-25H,9,14-19H2,1-4H3;2*1H;;;;;;;1H;1H2/q+2;;;;;;;;;;/p-2. The monoisotopic (exact) mass is 2290 g/mol. The van der Waals surface area contributed by atoms with Gasteiger partial charge >= 0.3 is 0 Å². The van der Waals surface area contributed by atoms with E-state index in [0.29, 0.717) is 24.5 Å². The Labute approximate surface area is 470 Å². The van der Waals surface area contributed by atoms with E-state index < -0.39 is 0 Å². The second kappa shape index (κ2) is 55.2. The van der Waals surface area contributed by atoms with Gasteiger partial charge in [-0.15, -0.1) is 24.0 Å². The van der Waals surface area contributed by atoms with Gasteiger partial charge in [-0.25, -0.2) is 0 Å². The van der Waals surface area contributed by atoms with Crippen LogP contribution in [0.25, 0.3) is 0 Å². The van der Waals surface area contributed by atoms with Crippen molar-refractivity contribution in [2.75, 3.05) is 78.1 Å². The molecule has 0 saturated carbocycles. The molecule has 0 aliphatic rings. The van der Waals surface area contributed by atoms with Crippen LogP contribution in [-0.4, -0.2) is 91.7 Å². The number of hydrogen-bond donors (Lipinski definition) is 2. The number of likely N-dealkylation sites (N-methyl/N-ethyl adjacent to an activating group) is 2. The molecule has 0 saturated heterocycles. The van der Waals surface area contributed by atoms with E-state index in [0.717, 1.165) is 41.6 Å². The third-order valence-electron chi connectivity index (χ3n) is 5.79. The molecule has 0 aromatic heterocycles. The van der Waals surface area contributed by atoms with E-state index >= 15 is 0 Å². The summed E-state index contributed by atoms with van der Waals surface area (Å²) in [6.07, 6.45) is 1.02. The molecule has 296 valence electrons. The maximum absolute atomic E-state index is 11.1. The minimum atomic E-state index is -0.368. The summed E-state index contributed by atoms with van der Waals surface area (Å²) >= 11 is 25.4. The van der Waals surface area contributed by atoms with Crippen LogP contribution in [0.4, 0.5) is 22.7 Å². The van der Waals surface area contributed by atoms with Gasteiger partial charge in [0.05, 0.1) is 77.3 Å². The van der Waals surface area contributed by atoms with E-state index in [9.17, 15) is 20.2 Å². The van der Waals surface area contributed by atoms with Gasteiger partial charge in [-0.2, -0.15) is 0 Å². The summed E-state index contributed by atoms with van der Waals surface area (Å²) in [6, 6.07) is 13.4. The number of quaternary nitrogens is 2. The van der Waals surface area contributed by atoms with Crippen LogP contribution in [-0.2, 0) is 0 Å². The molecule has 0 unspecified atom stereocenters. The number of benzene rings is 2. The summed E-state index contributed by atoms with van der Waals surface area (Å²) in [6.45, 7) is 4.96. The van der Waals surface area contributed by atoms with Gasteiger partial charge in [-0.3, -0.25) is 20.2 Å². The highest BCUT2D eigenvalue weighted by atomic mass is 128. The number of nitro benzene ring substituents is 2. The zero-order valence-corrected chi connectivity index (χ0v) is 57.6. The van der Waals surface area contributed by atoms with Crippen LogP contribution in [0, 0.1) is 20.2 Å². The van der Waals surface area contributed by atoms with Crippen LogP contribution >= 0.6 is 247 Å². The first-order valence-electron chi connectivity index (χ1n) is 12.0. The fourth-order valence-corrected chi connectivity index (χ4v) is 3.70. The Kier molecular flexibility index (Phi) is 86.5. The fraction of sp³-hybridized carbons (Fsp3) is 0.478. The topological polar surface area (TPSA) is 142 Å². The fourth-order valence-electron chi connectivity index (χ4n) is 3.70. The molecule has 4 N–H and O–H groups in total. The lowest BCUT2D eigenvalue weighted by atomic mass is 10.2. The molecule has 2 aromatic rings. The largest absolute Gasteiger partial charge is 1.00 e. The second-order valence-electron chi connectivity index (χ2n) is 9.52. The number of nitro groups is 2. The number of nitrogens with zero attached hydrogens (tertiary/aromatic N) is 4. The van der Waals surface area contributed by atoms with E-state index in [-0.39, 0.29) is 84.6 Å². The van der Waals surface area contributed by atoms with Crippen molar-refractivity contribution in [3.8, 4) is 0 Å². The highest BCUT2D eigenvalue weighted by Crippen LogP contribution is 2.24. The van der Waals surface area contributed by atoms with E-state index in [4.69, 9.17) is 0 Å². The molecule has 0 atom stereocenters. The van der Waals surface area contributed by atoms with Gasteiger partial charge in [0.25, 0.3) is 11.4 Å². The van der Waals surface area contributed by atoms with Crippen molar-refractivity contribution in [2.45, 2.75) is 6.42 Å². The first-order chi connectivity index (χ1) is 21.5. The van der Waals surface area contributed by atoms with E-state index in [2.05, 4.69) is 262 Å². The quantitative estimate of drug-likeness (QED) is 0.0851. The SMILES string of the molecule is C[N+](C)(CCC[N+](C)(C)CCNc1ccccc1[N+](=O)[O-])CCNc1ccccc1[N+](=O)[O-].I.II.II.II.II.II.II.O.[Br-].[Br-]. The molecule has 0 aliphatic carbocycles. The van der Waals surface area contributed by atoms with E-state index in [1.165, 1.54) is 12.1 Å². The van der Waals surface area contributed by atoms with Gasteiger partial charge in [-0.1, -0.05) is 24.3 Å². The summed E-state index contributed by atoms with van der Waals surface area (Å²) in [5, 5.41) is 28.7. The predicted molar refractivity (Wildman–Crippen MR) is 319 cm³/mol. The Hall–Kier alpha value is 7.17. The van der Waals surface area contributed by atoms with Crippen molar-refractivity contribution >= 4 is 270 Å². The van der Waals surface area contributed by atoms with Crippen LogP contribution < -0.4 is 44.6 Å². The first-order valence-corrected chi connectivity index (χ1v) is 49.7. The molecule has 0 bridgehead atoms. The number of para-hydroxylation sites is 4. The highest BCUT2D eigenvalue weighted by Gasteiger charge is 2.21. The van der Waals surface area contributed by atoms with Crippen molar-refractivity contribution in [3.63, 3.8) is 0 Å². The molecule has 2 rings (SSSR count). The second-order valence-corrected chi connectivity index (χ2v) is 9.52. The number of anilines is 2. The molecule has 0 spiro atoms. The van der Waals surface area contributed by atoms with Gasteiger partial charge in [0.1, 0.15) is 11.4 Å². The van der Waals surface area contributed by atoms with Crippen molar-refractivity contribution in [2.24, 2.45) is 0 Å². The summed E-state index contributed by atoms with van der Waals surface area (Å²) in [7, 11) is 8.66. The lowest BCUT2D eigenvalue weighted by molar-refractivity contribution is -0.907. The highest BCUT2D eigenvalue weighted by molar-refractivity contribution is 15.0.